The average Bonchev–Trinajstić information content (AvgIpc) is 2.14. The molecule has 0 radical (unpaired) electrons. The van der Waals surface area contributed by atoms with E-state index in [0.29, 0.717) is 12.8 Å². The zero-order chi connectivity index (χ0) is 11.0. The number of ketones is 1. The highest BCUT2D eigenvalue weighted by molar-refractivity contribution is 7.91. The van der Waals surface area contributed by atoms with Crippen LogP contribution in [-0.2, 0) is 14.6 Å². The van der Waals surface area contributed by atoms with Gasteiger partial charge in [-0.15, -0.1) is 0 Å². The second-order valence-corrected chi connectivity index (χ2v) is 5.59. The van der Waals surface area contributed by atoms with Crippen LogP contribution >= 0.6 is 0 Å². The lowest BCUT2D eigenvalue weighted by Gasteiger charge is -1.98. The molecule has 0 aromatic carbocycles. The minimum Gasteiger partial charge on any atom is -0.295 e. The van der Waals surface area contributed by atoms with Gasteiger partial charge in [0.2, 0.25) is 0 Å². The Hall–Kier alpha value is -0.640. The third kappa shape index (κ3) is 6.83. The lowest BCUT2D eigenvalue weighted by molar-refractivity contribution is -0.114. The molecule has 0 aliphatic carbocycles. The van der Waals surface area contributed by atoms with Crippen molar-refractivity contribution in [1.29, 1.82) is 0 Å². The van der Waals surface area contributed by atoms with Crippen molar-refractivity contribution in [3.8, 4) is 0 Å². The van der Waals surface area contributed by atoms with E-state index in [1.165, 1.54) is 6.08 Å². The van der Waals surface area contributed by atoms with Gasteiger partial charge in [-0.2, -0.15) is 0 Å². The Balaban J connectivity index is 3.75. The molecule has 0 bridgehead atoms. The number of hydrogen-bond acceptors (Lipinski definition) is 3. The van der Waals surface area contributed by atoms with Crippen molar-refractivity contribution in [2.75, 3.05) is 11.5 Å². The second-order valence-electron chi connectivity index (χ2n) is 3.12. The zero-order valence-corrected chi connectivity index (χ0v) is 9.64. The molecular formula is C10H18O3S. The Kier molecular flexibility index (Phi) is 6.45. The van der Waals surface area contributed by atoms with E-state index in [0.717, 1.165) is 6.42 Å². The Morgan fingerprint density at radius 2 is 1.93 bits per heavy atom. The number of rotatable bonds is 7. The molecule has 4 heteroatoms. The standard InChI is InChI=1S/C10H18O3S/c1-3-5-7-10(11)8-6-9-14(12,13)4-2/h5,7H,3-4,6,8-9H2,1-2H3/b7-5+. The number of carbonyl (C=O) groups excluding carboxylic acids is 1. The molecule has 0 amide bonds. The number of allylic oxidation sites excluding steroid dienone is 2. The number of carbonyl (C=O) groups is 1. The van der Waals surface area contributed by atoms with Gasteiger partial charge in [0, 0.05) is 12.2 Å². The maximum atomic E-state index is 11.1. The third-order valence-corrected chi connectivity index (χ3v) is 3.65. The molecule has 0 aromatic rings. The van der Waals surface area contributed by atoms with Crippen LogP contribution in [0.25, 0.3) is 0 Å². The summed E-state index contributed by atoms with van der Waals surface area (Å²) in [7, 11) is -2.91. The first-order chi connectivity index (χ1) is 6.52. The molecule has 82 valence electrons. The summed E-state index contributed by atoms with van der Waals surface area (Å²) in [5.41, 5.74) is 0. The summed E-state index contributed by atoms with van der Waals surface area (Å²) in [6.45, 7) is 3.57. The van der Waals surface area contributed by atoms with Crippen molar-refractivity contribution < 1.29 is 13.2 Å². The Morgan fingerprint density at radius 1 is 1.29 bits per heavy atom. The first-order valence-electron chi connectivity index (χ1n) is 4.91. The molecule has 0 heterocycles. The van der Waals surface area contributed by atoms with Gasteiger partial charge in [0.05, 0.1) is 5.75 Å². The normalized spacial score (nSPS) is 12.1. The van der Waals surface area contributed by atoms with Gasteiger partial charge >= 0.3 is 0 Å². The van der Waals surface area contributed by atoms with Crippen LogP contribution in [0.15, 0.2) is 12.2 Å². The van der Waals surface area contributed by atoms with Crippen molar-refractivity contribution in [2.24, 2.45) is 0 Å². The molecule has 0 fully saturated rings. The molecule has 0 saturated carbocycles. The fourth-order valence-corrected chi connectivity index (χ4v) is 1.82. The fraction of sp³-hybridized carbons (Fsp3) is 0.700. The van der Waals surface area contributed by atoms with E-state index >= 15 is 0 Å². The van der Waals surface area contributed by atoms with Gasteiger partial charge in [-0.3, -0.25) is 4.79 Å². The van der Waals surface area contributed by atoms with Gasteiger partial charge in [-0.25, -0.2) is 8.42 Å². The summed E-state index contributed by atoms with van der Waals surface area (Å²) in [6.07, 6.45) is 4.91. The van der Waals surface area contributed by atoms with Crippen molar-refractivity contribution in [1.82, 2.24) is 0 Å². The van der Waals surface area contributed by atoms with Gasteiger partial charge < -0.3 is 0 Å². The minimum absolute atomic E-state index is 0.0122. The van der Waals surface area contributed by atoms with Gasteiger partial charge in [0.15, 0.2) is 5.78 Å². The molecule has 0 aliphatic rings. The molecule has 0 atom stereocenters. The van der Waals surface area contributed by atoms with Crippen LogP contribution in [-0.4, -0.2) is 25.7 Å². The van der Waals surface area contributed by atoms with Crippen molar-refractivity contribution in [3.05, 3.63) is 12.2 Å². The largest absolute Gasteiger partial charge is 0.295 e. The molecule has 0 spiro atoms. The van der Waals surface area contributed by atoms with Crippen molar-refractivity contribution >= 4 is 15.6 Å². The zero-order valence-electron chi connectivity index (χ0n) is 8.82. The quantitative estimate of drug-likeness (QED) is 0.611. The molecule has 3 nitrogen and oxygen atoms in total. The van der Waals surface area contributed by atoms with E-state index in [1.54, 1.807) is 13.0 Å². The Labute approximate surface area is 86.1 Å². The van der Waals surface area contributed by atoms with Crippen LogP contribution in [0, 0.1) is 0 Å². The van der Waals surface area contributed by atoms with Gasteiger partial charge in [-0.1, -0.05) is 19.9 Å². The predicted octanol–water partition coefficient (Wildman–Crippen LogP) is 1.74. The molecular weight excluding hydrogens is 200 g/mol. The van der Waals surface area contributed by atoms with Crippen LogP contribution in [0.1, 0.15) is 33.1 Å². The summed E-state index contributed by atoms with van der Waals surface area (Å²) in [6, 6.07) is 0. The number of hydrogen-bond donors (Lipinski definition) is 0. The minimum atomic E-state index is -2.91. The fourth-order valence-electron chi connectivity index (χ4n) is 0.943. The van der Waals surface area contributed by atoms with E-state index in [-0.39, 0.29) is 17.3 Å². The Morgan fingerprint density at radius 3 is 2.43 bits per heavy atom. The first-order valence-corrected chi connectivity index (χ1v) is 6.73. The first kappa shape index (κ1) is 13.4. The number of sulfone groups is 1. The summed E-state index contributed by atoms with van der Waals surface area (Å²) in [5.74, 6) is 0.291. The summed E-state index contributed by atoms with van der Waals surface area (Å²) in [5, 5.41) is 0. The molecule has 0 N–H and O–H groups in total. The molecule has 0 saturated heterocycles. The lowest BCUT2D eigenvalue weighted by atomic mass is 10.2. The van der Waals surface area contributed by atoms with Crippen LogP contribution in [0.4, 0.5) is 0 Å². The SMILES string of the molecule is CC/C=C/C(=O)CCCS(=O)(=O)CC. The lowest BCUT2D eigenvalue weighted by Crippen LogP contribution is -2.09. The monoisotopic (exact) mass is 218 g/mol. The maximum Gasteiger partial charge on any atom is 0.155 e. The topological polar surface area (TPSA) is 51.2 Å². The van der Waals surface area contributed by atoms with E-state index in [9.17, 15) is 13.2 Å². The summed E-state index contributed by atoms with van der Waals surface area (Å²) >= 11 is 0. The highest BCUT2D eigenvalue weighted by atomic mass is 32.2. The van der Waals surface area contributed by atoms with Crippen LogP contribution in [0.5, 0.6) is 0 Å². The molecule has 0 unspecified atom stereocenters. The second kappa shape index (κ2) is 6.76. The predicted molar refractivity (Wildman–Crippen MR) is 58.0 cm³/mol. The van der Waals surface area contributed by atoms with E-state index in [4.69, 9.17) is 0 Å². The average molecular weight is 218 g/mol. The molecule has 0 rings (SSSR count). The van der Waals surface area contributed by atoms with Gasteiger partial charge in [0.1, 0.15) is 9.84 Å². The van der Waals surface area contributed by atoms with E-state index in [2.05, 4.69) is 0 Å². The molecule has 0 aromatic heterocycles. The van der Waals surface area contributed by atoms with Crippen molar-refractivity contribution in [3.63, 3.8) is 0 Å². The Bertz CT molecular complexity index is 288. The smallest absolute Gasteiger partial charge is 0.155 e. The van der Waals surface area contributed by atoms with E-state index in [1.807, 2.05) is 6.92 Å². The summed E-state index contributed by atoms with van der Waals surface area (Å²) in [4.78, 5) is 11.1. The maximum absolute atomic E-state index is 11.1. The van der Waals surface area contributed by atoms with Crippen LogP contribution < -0.4 is 0 Å². The van der Waals surface area contributed by atoms with Crippen LogP contribution in [0.2, 0.25) is 0 Å². The third-order valence-electron chi connectivity index (χ3n) is 1.86. The summed E-state index contributed by atoms with van der Waals surface area (Å²) < 4.78 is 22.1. The van der Waals surface area contributed by atoms with Crippen molar-refractivity contribution in [2.45, 2.75) is 33.1 Å². The highest BCUT2D eigenvalue weighted by Gasteiger charge is 2.07. The van der Waals surface area contributed by atoms with E-state index < -0.39 is 9.84 Å². The molecule has 14 heavy (non-hydrogen) atoms. The van der Waals surface area contributed by atoms with Gasteiger partial charge in [0.25, 0.3) is 0 Å². The van der Waals surface area contributed by atoms with Gasteiger partial charge in [-0.05, 0) is 18.9 Å². The molecule has 0 aliphatic heterocycles. The van der Waals surface area contributed by atoms with Crippen LogP contribution in [0.3, 0.4) is 0 Å². The highest BCUT2D eigenvalue weighted by Crippen LogP contribution is 1.99.